The van der Waals surface area contributed by atoms with E-state index in [1.807, 2.05) is 57.7 Å². The van der Waals surface area contributed by atoms with Crippen LogP contribution in [0.5, 0.6) is 0 Å². The molecule has 0 spiro atoms. The summed E-state index contributed by atoms with van der Waals surface area (Å²) >= 11 is 6.01. The summed E-state index contributed by atoms with van der Waals surface area (Å²) in [5.41, 5.74) is 3.41. The Balaban J connectivity index is 1.25. The van der Waals surface area contributed by atoms with E-state index in [9.17, 15) is 14.0 Å². The standard InChI is InChI=1S/C28H27ClFN3O2/c29-23-9-5-20(6-10-23)19-33-26-4-2-1-3-25(26)32(28(33)35)18-17-31-15-13-22(14-16-31)27(34)21-7-11-24(30)12-8-21/h1-12,22H,13-19H2. The van der Waals surface area contributed by atoms with Gasteiger partial charge in [0.25, 0.3) is 0 Å². The number of carbonyl (C=O) groups excluding carboxylic acids is 1. The molecule has 0 amide bonds. The lowest BCUT2D eigenvalue weighted by Gasteiger charge is -2.31. The third-order valence-electron chi connectivity index (χ3n) is 6.91. The second kappa shape index (κ2) is 10.2. The van der Waals surface area contributed by atoms with E-state index >= 15 is 0 Å². The van der Waals surface area contributed by atoms with E-state index in [0.29, 0.717) is 23.7 Å². The molecule has 1 aromatic heterocycles. The first-order valence-corrected chi connectivity index (χ1v) is 12.3. The molecule has 5 rings (SSSR count). The number of carbonyl (C=O) groups is 1. The summed E-state index contributed by atoms with van der Waals surface area (Å²) in [5.74, 6) is -0.284. The van der Waals surface area contributed by atoms with E-state index in [1.54, 1.807) is 12.1 Å². The Hall–Kier alpha value is -3.22. The van der Waals surface area contributed by atoms with Gasteiger partial charge in [-0.3, -0.25) is 13.9 Å². The van der Waals surface area contributed by atoms with Crippen molar-refractivity contribution in [2.24, 2.45) is 5.92 Å². The molecular weight excluding hydrogens is 465 g/mol. The highest BCUT2D eigenvalue weighted by atomic mass is 35.5. The van der Waals surface area contributed by atoms with Crippen LogP contribution in [0, 0.1) is 11.7 Å². The van der Waals surface area contributed by atoms with Crippen molar-refractivity contribution >= 4 is 28.4 Å². The van der Waals surface area contributed by atoms with Crippen LogP contribution in [0.15, 0.2) is 77.6 Å². The first-order chi connectivity index (χ1) is 17.0. The molecule has 180 valence electrons. The lowest BCUT2D eigenvalue weighted by atomic mass is 9.89. The molecule has 3 aromatic carbocycles. The zero-order valence-corrected chi connectivity index (χ0v) is 20.1. The molecule has 1 aliphatic heterocycles. The van der Waals surface area contributed by atoms with Crippen molar-refractivity contribution in [3.63, 3.8) is 0 Å². The molecule has 5 nitrogen and oxygen atoms in total. The number of rotatable bonds is 7. The molecule has 7 heteroatoms. The number of hydrogen-bond donors (Lipinski definition) is 0. The Morgan fingerprint density at radius 1 is 0.857 bits per heavy atom. The van der Waals surface area contributed by atoms with Crippen molar-refractivity contribution in [1.82, 2.24) is 14.0 Å². The maximum atomic E-state index is 13.4. The van der Waals surface area contributed by atoms with Crippen molar-refractivity contribution in [1.29, 1.82) is 0 Å². The Kier molecular flexibility index (Phi) is 6.84. The largest absolute Gasteiger partial charge is 0.329 e. The van der Waals surface area contributed by atoms with Gasteiger partial charge in [0.05, 0.1) is 17.6 Å². The van der Waals surface area contributed by atoms with Gasteiger partial charge in [0, 0.05) is 29.6 Å². The topological polar surface area (TPSA) is 47.2 Å². The highest BCUT2D eigenvalue weighted by Gasteiger charge is 2.26. The Bertz CT molecular complexity index is 1380. The van der Waals surface area contributed by atoms with Crippen LogP contribution >= 0.6 is 11.6 Å². The SMILES string of the molecule is O=C(c1ccc(F)cc1)C1CCN(CCn2c(=O)n(Cc3ccc(Cl)cc3)c3ccccc32)CC1. The highest BCUT2D eigenvalue weighted by molar-refractivity contribution is 6.30. The second-order valence-corrected chi connectivity index (χ2v) is 9.56. The van der Waals surface area contributed by atoms with E-state index < -0.39 is 0 Å². The predicted molar refractivity (Wildman–Crippen MR) is 137 cm³/mol. The number of ketones is 1. The van der Waals surface area contributed by atoms with Crippen LogP contribution in [0.1, 0.15) is 28.8 Å². The fourth-order valence-electron chi connectivity index (χ4n) is 4.92. The fraction of sp³-hybridized carbons (Fsp3) is 0.286. The molecule has 2 heterocycles. The lowest BCUT2D eigenvalue weighted by Crippen LogP contribution is -2.39. The number of likely N-dealkylation sites (tertiary alicyclic amines) is 1. The second-order valence-electron chi connectivity index (χ2n) is 9.12. The van der Waals surface area contributed by atoms with Crippen molar-refractivity contribution in [2.45, 2.75) is 25.9 Å². The van der Waals surface area contributed by atoms with Crippen LogP contribution in [0.3, 0.4) is 0 Å². The molecular formula is C28H27ClFN3O2. The summed E-state index contributed by atoms with van der Waals surface area (Å²) in [5, 5.41) is 0.673. The van der Waals surface area contributed by atoms with Gasteiger partial charge in [0.2, 0.25) is 0 Å². The van der Waals surface area contributed by atoms with Gasteiger partial charge in [-0.2, -0.15) is 0 Å². The number of imidazole rings is 1. The van der Waals surface area contributed by atoms with E-state index in [0.717, 1.165) is 49.1 Å². The van der Waals surface area contributed by atoms with Gasteiger partial charge in [0.15, 0.2) is 5.78 Å². The van der Waals surface area contributed by atoms with E-state index in [-0.39, 0.29) is 23.2 Å². The minimum Gasteiger partial charge on any atom is -0.302 e. The maximum absolute atomic E-state index is 13.4. The van der Waals surface area contributed by atoms with E-state index in [1.165, 1.54) is 12.1 Å². The summed E-state index contributed by atoms with van der Waals surface area (Å²) in [7, 11) is 0. The number of aromatic nitrogens is 2. The number of halogens is 2. The monoisotopic (exact) mass is 491 g/mol. The fourth-order valence-corrected chi connectivity index (χ4v) is 5.05. The van der Waals surface area contributed by atoms with Gasteiger partial charge in [-0.25, -0.2) is 9.18 Å². The predicted octanol–water partition coefficient (Wildman–Crippen LogP) is 5.24. The van der Waals surface area contributed by atoms with Gasteiger partial charge < -0.3 is 4.90 Å². The Morgan fingerprint density at radius 2 is 1.49 bits per heavy atom. The number of hydrogen-bond acceptors (Lipinski definition) is 3. The molecule has 1 saturated heterocycles. The first-order valence-electron chi connectivity index (χ1n) is 11.9. The first kappa shape index (κ1) is 23.5. The number of nitrogens with zero attached hydrogens (tertiary/aromatic N) is 3. The molecule has 0 saturated carbocycles. The molecule has 35 heavy (non-hydrogen) atoms. The van der Waals surface area contributed by atoms with E-state index in [4.69, 9.17) is 11.6 Å². The van der Waals surface area contributed by atoms with Gasteiger partial charge >= 0.3 is 5.69 Å². The number of Topliss-reactive ketones (excluding diaryl/α,β-unsaturated/α-hetero) is 1. The van der Waals surface area contributed by atoms with Crippen LogP contribution in [0.25, 0.3) is 11.0 Å². The molecule has 1 aliphatic rings. The number of benzene rings is 3. The van der Waals surface area contributed by atoms with Crippen LogP contribution < -0.4 is 5.69 Å². The smallest absolute Gasteiger partial charge is 0.302 e. The Morgan fingerprint density at radius 3 is 2.14 bits per heavy atom. The number of fused-ring (bicyclic) bond motifs is 1. The summed E-state index contributed by atoms with van der Waals surface area (Å²) in [6.07, 6.45) is 1.53. The molecule has 0 atom stereocenters. The molecule has 4 aromatic rings. The minimum absolute atomic E-state index is 0.0254. The van der Waals surface area contributed by atoms with Crippen molar-refractivity contribution in [2.75, 3.05) is 19.6 Å². The summed E-state index contributed by atoms with van der Waals surface area (Å²) in [4.78, 5) is 28.4. The molecule has 0 radical (unpaired) electrons. The van der Waals surface area contributed by atoms with Crippen LogP contribution in [-0.2, 0) is 13.1 Å². The van der Waals surface area contributed by atoms with Crippen molar-refractivity contribution < 1.29 is 9.18 Å². The molecule has 0 bridgehead atoms. The molecule has 0 aliphatic carbocycles. The lowest BCUT2D eigenvalue weighted by molar-refractivity contribution is 0.0837. The zero-order valence-electron chi connectivity index (χ0n) is 19.4. The summed E-state index contributed by atoms with van der Waals surface area (Å²) < 4.78 is 16.8. The molecule has 1 fully saturated rings. The van der Waals surface area contributed by atoms with Gasteiger partial charge in [-0.15, -0.1) is 0 Å². The summed E-state index contributed by atoms with van der Waals surface area (Å²) in [6.45, 7) is 3.42. The number of para-hydroxylation sites is 2. The third kappa shape index (κ3) is 5.09. The summed E-state index contributed by atoms with van der Waals surface area (Å²) in [6, 6.07) is 21.2. The van der Waals surface area contributed by atoms with Crippen molar-refractivity contribution in [3.05, 3.63) is 105 Å². The average molecular weight is 492 g/mol. The maximum Gasteiger partial charge on any atom is 0.329 e. The highest BCUT2D eigenvalue weighted by Crippen LogP contribution is 2.22. The van der Waals surface area contributed by atoms with Gasteiger partial charge in [-0.05, 0) is 80.0 Å². The minimum atomic E-state index is -0.332. The quantitative estimate of drug-likeness (QED) is 0.332. The molecule has 0 unspecified atom stereocenters. The zero-order chi connectivity index (χ0) is 24.4. The van der Waals surface area contributed by atoms with Gasteiger partial charge in [0.1, 0.15) is 5.82 Å². The van der Waals surface area contributed by atoms with Gasteiger partial charge in [-0.1, -0.05) is 35.9 Å². The molecule has 0 N–H and O–H groups in total. The third-order valence-corrected chi connectivity index (χ3v) is 7.16. The van der Waals surface area contributed by atoms with E-state index in [2.05, 4.69) is 4.90 Å². The van der Waals surface area contributed by atoms with Crippen molar-refractivity contribution in [3.8, 4) is 0 Å². The average Bonchev–Trinajstić information content (AvgIpc) is 3.15. The Labute approximate surface area is 208 Å². The van der Waals surface area contributed by atoms with Crippen LogP contribution in [0.4, 0.5) is 4.39 Å². The normalized spacial score (nSPS) is 15.0. The number of piperidine rings is 1. The van der Waals surface area contributed by atoms with Crippen LogP contribution in [-0.4, -0.2) is 39.5 Å². The van der Waals surface area contributed by atoms with Crippen LogP contribution in [0.2, 0.25) is 5.02 Å².